The average Bonchev–Trinajstić information content (AvgIpc) is 2.99. The Morgan fingerprint density at radius 3 is 2.76 bits per heavy atom. The lowest BCUT2D eigenvalue weighted by atomic mass is 10.3. The third-order valence-electron chi connectivity index (χ3n) is 4.25. The Morgan fingerprint density at radius 1 is 1.28 bits per heavy atom. The van der Waals surface area contributed by atoms with E-state index >= 15 is 0 Å². The number of ether oxygens (including phenoxy) is 1. The lowest BCUT2D eigenvalue weighted by Gasteiger charge is -2.26. The summed E-state index contributed by atoms with van der Waals surface area (Å²) >= 11 is 1.81. The Bertz CT molecular complexity index is 526. The number of nitrogens with zero attached hydrogens (tertiary/aromatic N) is 3. The molecule has 1 aromatic heterocycles. The van der Waals surface area contributed by atoms with Gasteiger partial charge in [-0.1, -0.05) is 6.92 Å². The Hall–Kier alpha value is -1.18. The molecule has 25 heavy (non-hydrogen) atoms. The number of hydrogen-bond acceptors (Lipinski definition) is 5. The molecule has 1 aliphatic rings. The number of morpholine rings is 1. The highest BCUT2D eigenvalue weighted by molar-refractivity contribution is 7.11. The predicted octanol–water partition coefficient (Wildman–Crippen LogP) is 1.83. The van der Waals surface area contributed by atoms with E-state index in [0.29, 0.717) is 0 Å². The van der Waals surface area contributed by atoms with Crippen LogP contribution in [0.2, 0.25) is 0 Å². The van der Waals surface area contributed by atoms with E-state index in [-0.39, 0.29) is 0 Å². The Labute approximate surface area is 156 Å². The molecule has 1 aliphatic heterocycles. The van der Waals surface area contributed by atoms with E-state index in [9.17, 15) is 0 Å². The second kappa shape index (κ2) is 11.4. The monoisotopic (exact) mass is 367 g/mol. The molecule has 6 nitrogen and oxygen atoms in total. The molecule has 2 rings (SSSR count). The maximum absolute atomic E-state index is 5.38. The van der Waals surface area contributed by atoms with Gasteiger partial charge in [0, 0.05) is 50.6 Å². The minimum absolute atomic E-state index is 0.850. The number of aromatic nitrogens is 1. The van der Waals surface area contributed by atoms with Crippen LogP contribution in [0, 0.1) is 6.92 Å². The zero-order valence-corrected chi connectivity index (χ0v) is 16.8. The molecule has 1 saturated heterocycles. The van der Waals surface area contributed by atoms with E-state index < -0.39 is 0 Å². The Balaban J connectivity index is 1.69. The van der Waals surface area contributed by atoms with Crippen LogP contribution in [0.25, 0.3) is 0 Å². The molecule has 0 spiro atoms. The first-order chi connectivity index (χ1) is 12.2. The summed E-state index contributed by atoms with van der Waals surface area (Å²) in [6.07, 6.45) is 3.05. The van der Waals surface area contributed by atoms with Crippen molar-refractivity contribution in [3.63, 3.8) is 0 Å². The minimum atomic E-state index is 0.850. The van der Waals surface area contributed by atoms with Crippen LogP contribution < -0.4 is 10.6 Å². The van der Waals surface area contributed by atoms with Crippen molar-refractivity contribution in [1.82, 2.24) is 20.5 Å². The van der Waals surface area contributed by atoms with Crippen molar-refractivity contribution >= 4 is 17.3 Å². The molecule has 0 saturated carbocycles. The van der Waals surface area contributed by atoms with Gasteiger partial charge in [-0.05, 0) is 26.7 Å². The Morgan fingerprint density at radius 2 is 2.08 bits per heavy atom. The van der Waals surface area contributed by atoms with Crippen molar-refractivity contribution in [2.75, 3.05) is 52.5 Å². The second-order valence-corrected chi connectivity index (χ2v) is 7.50. The van der Waals surface area contributed by atoms with E-state index in [1.165, 1.54) is 15.6 Å². The first kappa shape index (κ1) is 20.1. The summed E-state index contributed by atoms with van der Waals surface area (Å²) < 4.78 is 5.38. The third kappa shape index (κ3) is 7.30. The zero-order valence-electron chi connectivity index (χ0n) is 15.9. The average molecular weight is 368 g/mol. The first-order valence-electron chi connectivity index (χ1n) is 9.50. The normalized spacial score (nSPS) is 16.2. The molecular formula is C18H33N5OS. The molecule has 0 bridgehead atoms. The van der Waals surface area contributed by atoms with Gasteiger partial charge in [-0.3, -0.25) is 9.89 Å². The van der Waals surface area contributed by atoms with Crippen LogP contribution in [0.3, 0.4) is 0 Å². The van der Waals surface area contributed by atoms with Crippen molar-refractivity contribution in [2.45, 2.75) is 40.0 Å². The van der Waals surface area contributed by atoms with Crippen LogP contribution in [0.15, 0.2) is 4.99 Å². The van der Waals surface area contributed by atoms with Crippen molar-refractivity contribution in [1.29, 1.82) is 0 Å². The van der Waals surface area contributed by atoms with Crippen molar-refractivity contribution in [3.8, 4) is 0 Å². The number of thiazole rings is 1. The molecule has 0 aromatic carbocycles. The van der Waals surface area contributed by atoms with Crippen LogP contribution in [0.4, 0.5) is 0 Å². The lowest BCUT2D eigenvalue weighted by Crippen LogP contribution is -2.39. The van der Waals surface area contributed by atoms with Crippen LogP contribution in [0.1, 0.15) is 35.8 Å². The molecule has 2 N–H and O–H groups in total. The SMILES string of the molecule is CCNC(=NCCCN1CCOCC1)NCCc1nc(CC)c(C)s1. The molecular weight excluding hydrogens is 334 g/mol. The quantitative estimate of drug-likeness (QED) is 0.396. The summed E-state index contributed by atoms with van der Waals surface area (Å²) in [5.41, 5.74) is 1.24. The van der Waals surface area contributed by atoms with E-state index in [2.05, 4.69) is 41.3 Å². The lowest BCUT2D eigenvalue weighted by molar-refractivity contribution is 0.0377. The van der Waals surface area contributed by atoms with Gasteiger partial charge >= 0.3 is 0 Å². The van der Waals surface area contributed by atoms with Gasteiger partial charge in [0.05, 0.1) is 23.9 Å². The summed E-state index contributed by atoms with van der Waals surface area (Å²) in [7, 11) is 0. The highest BCUT2D eigenvalue weighted by Crippen LogP contribution is 2.17. The highest BCUT2D eigenvalue weighted by atomic mass is 32.1. The number of guanidine groups is 1. The molecule has 2 heterocycles. The molecule has 7 heteroatoms. The largest absolute Gasteiger partial charge is 0.379 e. The van der Waals surface area contributed by atoms with Gasteiger partial charge in [0.2, 0.25) is 0 Å². The van der Waals surface area contributed by atoms with Gasteiger partial charge in [-0.15, -0.1) is 11.3 Å². The fraction of sp³-hybridized carbons (Fsp3) is 0.778. The van der Waals surface area contributed by atoms with Gasteiger partial charge < -0.3 is 15.4 Å². The summed E-state index contributed by atoms with van der Waals surface area (Å²) in [5, 5.41) is 7.96. The van der Waals surface area contributed by atoms with Gasteiger partial charge in [-0.25, -0.2) is 4.98 Å². The summed E-state index contributed by atoms with van der Waals surface area (Å²) in [4.78, 5) is 13.2. The number of nitrogens with one attached hydrogen (secondary N) is 2. The van der Waals surface area contributed by atoms with Crippen LogP contribution >= 0.6 is 11.3 Å². The van der Waals surface area contributed by atoms with E-state index in [4.69, 9.17) is 9.72 Å². The second-order valence-electron chi connectivity index (χ2n) is 6.21. The molecule has 1 aromatic rings. The van der Waals surface area contributed by atoms with E-state index in [1.807, 2.05) is 11.3 Å². The van der Waals surface area contributed by atoms with Crippen LogP contribution in [-0.2, 0) is 17.6 Å². The van der Waals surface area contributed by atoms with E-state index in [1.54, 1.807) is 0 Å². The topological polar surface area (TPSA) is 61.8 Å². The van der Waals surface area contributed by atoms with Crippen molar-refractivity contribution < 1.29 is 4.74 Å². The first-order valence-corrected chi connectivity index (χ1v) is 10.3. The standard InChI is InChI=1S/C18H33N5OS/c1-4-16-15(3)25-17(22-16)7-9-21-18(19-5-2)20-8-6-10-23-11-13-24-14-12-23/h4-14H2,1-3H3,(H2,19,20,21). The van der Waals surface area contributed by atoms with E-state index in [0.717, 1.165) is 77.7 Å². The van der Waals surface area contributed by atoms with Gasteiger partial charge in [-0.2, -0.15) is 0 Å². The van der Waals surface area contributed by atoms with Crippen LogP contribution in [-0.4, -0.2) is 68.3 Å². The number of aryl methyl sites for hydroxylation is 2. The molecule has 0 atom stereocenters. The predicted molar refractivity (Wildman–Crippen MR) is 106 cm³/mol. The zero-order chi connectivity index (χ0) is 17.9. The molecule has 0 amide bonds. The summed E-state index contributed by atoms with van der Waals surface area (Å²) in [5.74, 6) is 0.911. The number of hydrogen-bond donors (Lipinski definition) is 2. The molecule has 0 aliphatic carbocycles. The number of aliphatic imine (C=N–C) groups is 1. The molecule has 142 valence electrons. The highest BCUT2D eigenvalue weighted by Gasteiger charge is 2.09. The molecule has 1 fully saturated rings. The molecule has 0 radical (unpaired) electrons. The summed E-state index contributed by atoms with van der Waals surface area (Å²) in [6.45, 7) is 14.0. The van der Waals surface area contributed by atoms with Gasteiger partial charge in [0.15, 0.2) is 5.96 Å². The maximum atomic E-state index is 5.38. The van der Waals surface area contributed by atoms with Crippen molar-refractivity contribution in [2.24, 2.45) is 4.99 Å². The van der Waals surface area contributed by atoms with Gasteiger partial charge in [0.1, 0.15) is 0 Å². The summed E-state index contributed by atoms with van der Waals surface area (Å²) in [6, 6.07) is 0. The fourth-order valence-electron chi connectivity index (χ4n) is 2.86. The smallest absolute Gasteiger partial charge is 0.191 e. The number of rotatable bonds is 9. The fourth-order valence-corrected chi connectivity index (χ4v) is 3.88. The van der Waals surface area contributed by atoms with Crippen molar-refractivity contribution in [3.05, 3.63) is 15.6 Å². The van der Waals surface area contributed by atoms with Gasteiger partial charge in [0.25, 0.3) is 0 Å². The minimum Gasteiger partial charge on any atom is -0.379 e. The third-order valence-corrected chi connectivity index (χ3v) is 5.33. The van der Waals surface area contributed by atoms with Crippen LogP contribution in [0.5, 0.6) is 0 Å². The maximum Gasteiger partial charge on any atom is 0.191 e. The Kier molecular flexibility index (Phi) is 9.21. The molecule has 0 unspecified atom stereocenters.